The molecule has 1 aliphatic rings. The standard InChI is InChI=1S/C19H23NO/c21-18-12-7-13-20(14-18)15-19(16-8-3-1-4-9-16)17-10-5-2-6-11-17/h1-6,8-11,18-19,21H,7,12-15H2/t18-/m1/s1. The molecule has 1 fully saturated rings. The second-order valence-corrected chi connectivity index (χ2v) is 5.93. The second-order valence-electron chi connectivity index (χ2n) is 5.93. The van der Waals surface area contributed by atoms with Crippen molar-refractivity contribution in [2.24, 2.45) is 0 Å². The van der Waals surface area contributed by atoms with Crippen molar-refractivity contribution in [1.29, 1.82) is 0 Å². The van der Waals surface area contributed by atoms with E-state index in [0.29, 0.717) is 5.92 Å². The van der Waals surface area contributed by atoms with Gasteiger partial charge in [-0.1, -0.05) is 60.7 Å². The minimum atomic E-state index is -0.161. The molecule has 0 aliphatic carbocycles. The molecule has 0 spiro atoms. The molecule has 1 heterocycles. The summed E-state index contributed by atoms with van der Waals surface area (Å²) in [6, 6.07) is 21.4. The van der Waals surface area contributed by atoms with Crippen LogP contribution in [0.25, 0.3) is 0 Å². The third-order valence-electron chi connectivity index (χ3n) is 4.33. The van der Waals surface area contributed by atoms with Gasteiger partial charge >= 0.3 is 0 Å². The van der Waals surface area contributed by atoms with Gasteiger partial charge in [0.1, 0.15) is 0 Å². The fourth-order valence-electron chi connectivity index (χ4n) is 3.23. The van der Waals surface area contributed by atoms with E-state index >= 15 is 0 Å². The fourth-order valence-corrected chi connectivity index (χ4v) is 3.23. The van der Waals surface area contributed by atoms with Gasteiger partial charge in [0, 0.05) is 19.0 Å². The number of aliphatic hydroxyl groups is 1. The van der Waals surface area contributed by atoms with Crippen molar-refractivity contribution in [3.63, 3.8) is 0 Å². The Balaban J connectivity index is 1.83. The summed E-state index contributed by atoms with van der Waals surface area (Å²) in [5, 5.41) is 9.89. The normalized spacial score (nSPS) is 19.8. The topological polar surface area (TPSA) is 23.5 Å². The summed E-state index contributed by atoms with van der Waals surface area (Å²) in [6.07, 6.45) is 1.88. The molecule has 0 amide bonds. The van der Waals surface area contributed by atoms with Crippen LogP contribution >= 0.6 is 0 Å². The zero-order valence-electron chi connectivity index (χ0n) is 12.4. The number of hydrogen-bond donors (Lipinski definition) is 1. The Morgan fingerprint density at radius 3 is 2.05 bits per heavy atom. The van der Waals surface area contributed by atoms with Gasteiger partial charge < -0.3 is 5.11 Å². The third kappa shape index (κ3) is 3.72. The Hall–Kier alpha value is -1.64. The van der Waals surface area contributed by atoms with Crippen LogP contribution in [0.1, 0.15) is 29.9 Å². The van der Waals surface area contributed by atoms with E-state index in [1.54, 1.807) is 0 Å². The number of rotatable bonds is 4. The third-order valence-corrected chi connectivity index (χ3v) is 4.33. The van der Waals surface area contributed by atoms with Gasteiger partial charge in [0.2, 0.25) is 0 Å². The lowest BCUT2D eigenvalue weighted by molar-refractivity contribution is 0.0691. The van der Waals surface area contributed by atoms with Gasteiger partial charge in [-0.15, -0.1) is 0 Å². The highest BCUT2D eigenvalue weighted by molar-refractivity contribution is 5.32. The van der Waals surface area contributed by atoms with Crippen molar-refractivity contribution in [3.05, 3.63) is 71.8 Å². The molecule has 110 valence electrons. The highest BCUT2D eigenvalue weighted by Crippen LogP contribution is 2.26. The van der Waals surface area contributed by atoms with Crippen LogP contribution in [-0.2, 0) is 0 Å². The van der Waals surface area contributed by atoms with E-state index in [0.717, 1.165) is 32.5 Å². The van der Waals surface area contributed by atoms with Crippen molar-refractivity contribution < 1.29 is 5.11 Å². The van der Waals surface area contributed by atoms with Crippen LogP contribution in [0.4, 0.5) is 0 Å². The first-order valence-electron chi connectivity index (χ1n) is 7.83. The van der Waals surface area contributed by atoms with Crippen LogP contribution in [0.5, 0.6) is 0 Å². The average Bonchev–Trinajstić information content (AvgIpc) is 2.54. The van der Waals surface area contributed by atoms with Crippen LogP contribution in [0.15, 0.2) is 60.7 Å². The molecule has 1 atom stereocenters. The minimum Gasteiger partial charge on any atom is -0.392 e. The van der Waals surface area contributed by atoms with E-state index in [-0.39, 0.29) is 6.10 Å². The summed E-state index contributed by atoms with van der Waals surface area (Å²) >= 11 is 0. The Morgan fingerprint density at radius 1 is 0.952 bits per heavy atom. The molecule has 2 heteroatoms. The lowest BCUT2D eigenvalue weighted by atomic mass is 9.90. The first kappa shape index (κ1) is 14.3. The maximum absolute atomic E-state index is 9.89. The first-order valence-corrected chi connectivity index (χ1v) is 7.83. The van der Waals surface area contributed by atoms with Crippen molar-refractivity contribution in [1.82, 2.24) is 4.90 Å². The summed E-state index contributed by atoms with van der Waals surface area (Å²) in [6.45, 7) is 2.87. The van der Waals surface area contributed by atoms with Crippen LogP contribution in [0, 0.1) is 0 Å². The molecule has 21 heavy (non-hydrogen) atoms. The number of nitrogens with zero attached hydrogens (tertiary/aromatic N) is 1. The summed E-state index contributed by atoms with van der Waals surface area (Å²) in [4.78, 5) is 2.40. The maximum Gasteiger partial charge on any atom is 0.0667 e. The molecule has 0 unspecified atom stereocenters. The molecular formula is C19H23NO. The number of hydrogen-bond acceptors (Lipinski definition) is 2. The Labute approximate surface area is 127 Å². The van der Waals surface area contributed by atoms with Gasteiger partial charge in [0.15, 0.2) is 0 Å². The maximum atomic E-state index is 9.89. The smallest absolute Gasteiger partial charge is 0.0667 e. The number of benzene rings is 2. The molecule has 1 N–H and O–H groups in total. The van der Waals surface area contributed by atoms with Crippen LogP contribution in [0.2, 0.25) is 0 Å². The summed E-state index contributed by atoms with van der Waals surface area (Å²) < 4.78 is 0. The predicted molar refractivity (Wildman–Crippen MR) is 86.4 cm³/mol. The largest absolute Gasteiger partial charge is 0.392 e. The van der Waals surface area contributed by atoms with Gasteiger partial charge in [-0.05, 0) is 30.5 Å². The molecule has 0 aromatic heterocycles. The monoisotopic (exact) mass is 281 g/mol. The average molecular weight is 281 g/mol. The van der Waals surface area contributed by atoms with Crippen LogP contribution in [-0.4, -0.2) is 35.7 Å². The van der Waals surface area contributed by atoms with E-state index in [4.69, 9.17) is 0 Å². The van der Waals surface area contributed by atoms with Crippen molar-refractivity contribution in [3.8, 4) is 0 Å². The van der Waals surface area contributed by atoms with E-state index in [2.05, 4.69) is 65.6 Å². The lowest BCUT2D eigenvalue weighted by Gasteiger charge is -2.33. The van der Waals surface area contributed by atoms with Crippen molar-refractivity contribution >= 4 is 0 Å². The van der Waals surface area contributed by atoms with E-state index < -0.39 is 0 Å². The molecule has 0 saturated carbocycles. The van der Waals surface area contributed by atoms with E-state index in [1.165, 1.54) is 11.1 Å². The Kier molecular flexibility index (Phi) is 4.69. The summed E-state index contributed by atoms with van der Waals surface area (Å²) in [5.41, 5.74) is 2.70. The molecule has 3 rings (SSSR count). The fraction of sp³-hybridized carbons (Fsp3) is 0.368. The quantitative estimate of drug-likeness (QED) is 0.929. The first-order chi connectivity index (χ1) is 10.3. The van der Waals surface area contributed by atoms with E-state index in [9.17, 15) is 5.11 Å². The molecule has 1 aliphatic heterocycles. The Morgan fingerprint density at radius 2 is 1.52 bits per heavy atom. The Bertz CT molecular complexity index is 501. The number of aliphatic hydroxyl groups excluding tert-OH is 1. The van der Waals surface area contributed by atoms with Crippen LogP contribution in [0.3, 0.4) is 0 Å². The molecule has 2 aromatic rings. The van der Waals surface area contributed by atoms with Crippen molar-refractivity contribution in [2.45, 2.75) is 24.9 Å². The predicted octanol–water partition coefficient (Wildman–Crippen LogP) is 3.28. The molecule has 2 nitrogen and oxygen atoms in total. The molecule has 2 aromatic carbocycles. The van der Waals surface area contributed by atoms with Gasteiger partial charge in [0.05, 0.1) is 6.10 Å². The number of piperidine rings is 1. The highest BCUT2D eigenvalue weighted by atomic mass is 16.3. The molecule has 1 saturated heterocycles. The summed E-state index contributed by atoms with van der Waals surface area (Å²) in [5.74, 6) is 0.373. The van der Waals surface area contributed by atoms with Crippen molar-refractivity contribution in [2.75, 3.05) is 19.6 Å². The SMILES string of the molecule is O[C@@H]1CCCN(CC(c2ccccc2)c2ccccc2)C1. The lowest BCUT2D eigenvalue weighted by Crippen LogP contribution is -2.40. The number of β-amino-alcohol motifs (C(OH)–C–C–N with tert-alkyl or cyclic N) is 1. The number of likely N-dealkylation sites (tertiary alicyclic amines) is 1. The zero-order chi connectivity index (χ0) is 14.5. The highest BCUT2D eigenvalue weighted by Gasteiger charge is 2.22. The van der Waals surface area contributed by atoms with Gasteiger partial charge in [-0.25, -0.2) is 0 Å². The molecular weight excluding hydrogens is 258 g/mol. The van der Waals surface area contributed by atoms with Gasteiger partial charge in [-0.2, -0.15) is 0 Å². The van der Waals surface area contributed by atoms with E-state index in [1.807, 2.05) is 0 Å². The second kappa shape index (κ2) is 6.88. The molecule has 0 bridgehead atoms. The van der Waals surface area contributed by atoms with Crippen LogP contribution < -0.4 is 0 Å². The zero-order valence-corrected chi connectivity index (χ0v) is 12.4. The molecule has 0 radical (unpaired) electrons. The van der Waals surface area contributed by atoms with Gasteiger partial charge in [0.25, 0.3) is 0 Å². The van der Waals surface area contributed by atoms with Gasteiger partial charge in [-0.3, -0.25) is 4.90 Å². The minimum absolute atomic E-state index is 0.161. The summed E-state index contributed by atoms with van der Waals surface area (Å²) in [7, 11) is 0.